The quantitative estimate of drug-likeness (QED) is 0.902. The predicted octanol–water partition coefficient (Wildman–Crippen LogP) is 1.82. The Morgan fingerprint density at radius 2 is 2.23 bits per heavy atom. The number of carbonyl (C=O) groups excluding carboxylic acids is 1. The smallest absolute Gasteiger partial charge is 0.239 e. The number of likely N-dealkylation sites (N-methyl/N-ethyl adjacent to an activating group) is 1. The summed E-state index contributed by atoms with van der Waals surface area (Å²) >= 11 is 3.37. The standard InChI is InChI=1S/C16H19BrN4O/c1-20(6-7-21-11-14(17)10-19-21)16(22)15-8-12-4-2-3-5-13(12)9-18-15/h2-5,10-11,15,18H,6-9H2,1H3/t15-/m1/s1. The molecular formula is C16H19BrN4O. The Balaban J connectivity index is 1.57. The van der Waals surface area contributed by atoms with Crippen LogP contribution in [0.25, 0.3) is 0 Å². The van der Waals surface area contributed by atoms with Crippen LogP contribution in [-0.2, 0) is 24.3 Å². The van der Waals surface area contributed by atoms with Crippen LogP contribution in [0.5, 0.6) is 0 Å². The molecule has 0 saturated heterocycles. The van der Waals surface area contributed by atoms with Gasteiger partial charge in [-0.05, 0) is 33.5 Å². The predicted molar refractivity (Wildman–Crippen MR) is 88.3 cm³/mol. The molecule has 2 aromatic rings. The molecule has 0 bridgehead atoms. The summed E-state index contributed by atoms with van der Waals surface area (Å²) in [6.07, 6.45) is 4.42. The van der Waals surface area contributed by atoms with E-state index < -0.39 is 0 Å². The molecule has 3 rings (SSSR count). The molecule has 2 heterocycles. The topological polar surface area (TPSA) is 50.2 Å². The van der Waals surface area contributed by atoms with Gasteiger partial charge in [0.05, 0.1) is 23.3 Å². The molecule has 5 nitrogen and oxygen atoms in total. The first-order valence-corrected chi connectivity index (χ1v) is 8.16. The van der Waals surface area contributed by atoms with Crippen molar-refractivity contribution >= 4 is 21.8 Å². The number of nitrogens with zero attached hydrogens (tertiary/aromatic N) is 3. The molecule has 22 heavy (non-hydrogen) atoms. The van der Waals surface area contributed by atoms with Crippen LogP contribution < -0.4 is 5.32 Å². The molecule has 0 aliphatic carbocycles. The van der Waals surface area contributed by atoms with Crippen molar-refractivity contribution in [3.8, 4) is 0 Å². The van der Waals surface area contributed by atoms with Crippen molar-refractivity contribution < 1.29 is 4.79 Å². The second kappa shape index (κ2) is 6.62. The first-order chi connectivity index (χ1) is 10.6. The van der Waals surface area contributed by atoms with Crippen LogP contribution in [0.4, 0.5) is 0 Å². The van der Waals surface area contributed by atoms with Crippen molar-refractivity contribution in [2.24, 2.45) is 0 Å². The molecule has 1 aromatic heterocycles. The number of rotatable bonds is 4. The van der Waals surface area contributed by atoms with Crippen LogP contribution in [0.15, 0.2) is 41.1 Å². The van der Waals surface area contributed by atoms with Crippen LogP contribution in [-0.4, -0.2) is 40.2 Å². The van der Waals surface area contributed by atoms with Gasteiger partial charge in [0.1, 0.15) is 0 Å². The van der Waals surface area contributed by atoms with E-state index in [2.05, 4.69) is 38.5 Å². The molecule has 1 amide bonds. The van der Waals surface area contributed by atoms with Crippen LogP contribution in [0.2, 0.25) is 0 Å². The molecular weight excluding hydrogens is 344 g/mol. The first kappa shape index (κ1) is 15.2. The van der Waals surface area contributed by atoms with Crippen molar-refractivity contribution in [1.82, 2.24) is 20.0 Å². The van der Waals surface area contributed by atoms with Crippen molar-refractivity contribution in [3.05, 3.63) is 52.3 Å². The van der Waals surface area contributed by atoms with Gasteiger partial charge in [-0.15, -0.1) is 0 Å². The van der Waals surface area contributed by atoms with Crippen molar-refractivity contribution in [2.75, 3.05) is 13.6 Å². The maximum Gasteiger partial charge on any atom is 0.239 e. The average molecular weight is 363 g/mol. The van der Waals surface area contributed by atoms with E-state index in [0.29, 0.717) is 13.1 Å². The van der Waals surface area contributed by atoms with Gasteiger partial charge in [-0.1, -0.05) is 24.3 Å². The van der Waals surface area contributed by atoms with Crippen LogP contribution >= 0.6 is 15.9 Å². The van der Waals surface area contributed by atoms with Gasteiger partial charge in [0.2, 0.25) is 5.91 Å². The summed E-state index contributed by atoms with van der Waals surface area (Å²) < 4.78 is 2.78. The van der Waals surface area contributed by atoms with Gasteiger partial charge < -0.3 is 10.2 Å². The van der Waals surface area contributed by atoms with E-state index in [-0.39, 0.29) is 11.9 Å². The lowest BCUT2D eigenvalue weighted by Crippen LogP contribution is -2.48. The molecule has 1 aliphatic heterocycles. The van der Waals surface area contributed by atoms with E-state index in [1.165, 1.54) is 11.1 Å². The monoisotopic (exact) mass is 362 g/mol. The fourth-order valence-electron chi connectivity index (χ4n) is 2.72. The first-order valence-electron chi connectivity index (χ1n) is 7.36. The maximum atomic E-state index is 12.6. The SMILES string of the molecule is CN(CCn1cc(Br)cn1)C(=O)[C@H]1Cc2ccccc2CN1. The molecule has 1 N–H and O–H groups in total. The minimum absolute atomic E-state index is 0.135. The van der Waals surface area contributed by atoms with Gasteiger partial charge in [0.15, 0.2) is 0 Å². The van der Waals surface area contributed by atoms with Gasteiger partial charge in [-0.3, -0.25) is 9.48 Å². The number of carbonyl (C=O) groups is 1. The highest BCUT2D eigenvalue weighted by molar-refractivity contribution is 9.10. The normalized spacial score (nSPS) is 17.1. The van der Waals surface area contributed by atoms with Crippen LogP contribution in [0.1, 0.15) is 11.1 Å². The molecule has 0 saturated carbocycles. The molecule has 1 atom stereocenters. The zero-order valence-electron chi connectivity index (χ0n) is 12.5. The second-order valence-corrected chi connectivity index (χ2v) is 6.50. The molecule has 0 fully saturated rings. The van der Waals surface area contributed by atoms with Crippen LogP contribution in [0.3, 0.4) is 0 Å². The van der Waals surface area contributed by atoms with Crippen molar-refractivity contribution in [2.45, 2.75) is 25.6 Å². The van der Waals surface area contributed by atoms with Crippen LogP contribution in [0, 0.1) is 0 Å². The van der Waals surface area contributed by atoms with E-state index in [0.717, 1.165) is 17.4 Å². The summed E-state index contributed by atoms with van der Waals surface area (Å²) in [6.45, 7) is 2.09. The number of nitrogens with one attached hydrogen (secondary N) is 1. The highest BCUT2D eigenvalue weighted by atomic mass is 79.9. The third-order valence-electron chi connectivity index (χ3n) is 4.02. The number of amides is 1. The fourth-order valence-corrected chi connectivity index (χ4v) is 3.05. The zero-order valence-corrected chi connectivity index (χ0v) is 14.1. The van der Waals surface area contributed by atoms with Gasteiger partial charge >= 0.3 is 0 Å². The molecule has 6 heteroatoms. The van der Waals surface area contributed by atoms with E-state index in [9.17, 15) is 4.79 Å². The third-order valence-corrected chi connectivity index (χ3v) is 4.43. The number of hydrogen-bond acceptors (Lipinski definition) is 3. The number of halogens is 1. The number of fused-ring (bicyclic) bond motifs is 1. The molecule has 0 radical (unpaired) electrons. The second-order valence-electron chi connectivity index (χ2n) is 5.59. The minimum Gasteiger partial charge on any atom is -0.343 e. The van der Waals surface area contributed by atoms with E-state index in [1.54, 1.807) is 11.1 Å². The highest BCUT2D eigenvalue weighted by Crippen LogP contribution is 2.17. The van der Waals surface area contributed by atoms with E-state index >= 15 is 0 Å². The minimum atomic E-state index is -0.135. The molecule has 0 spiro atoms. The lowest BCUT2D eigenvalue weighted by Gasteiger charge is -2.29. The summed E-state index contributed by atoms with van der Waals surface area (Å²) in [5.74, 6) is 0.140. The van der Waals surface area contributed by atoms with Crippen molar-refractivity contribution in [3.63, 3.8) is 0 Å². The Morgan fingerprint density at radius 1 is 1.45 bits per heavy atom. The maximum absolute atomic E-state index is 12.6. The Bertz CT molecular complexity index is 670. The molecule has 116 valence electrons. The number of hydrogen-bond donors (Lipinski definition) is 1. The Hall–Kier alpha value is -1.66. The molecule has 1 aliphatic rings. The Labute approximate surface area is 138 Å². The van der Waals surface area contributed by atoms with E-state index in [4.69, 9.17) is 0 Å². The van der Waals surface area contributed by atoms with Gasteiger partial charge in [0.25, 0.3) is 0 Å². The number of benzene rings is 1. The summed E-state index contributed by atoms with van der Waals surface area (Å²) in [6, 6.07) is 8.16. The fraction of sp³-hybridized carbons (Fsp3) is 0.375. The van der Waals surface area contributed by atoms with Gasteiger partial charge in [0, 0.05) is 26.3 Å². The third kappa shape index (κ3) is 3.39. The van der Waals surface area contributed by atoms with Gasteiger partial charge in [-0.25, -0.2) is 0 Å². The summed E-state index contributed by atoms with van der Waals surface area (Å²) in [5.41, 5.74) is 2.56. The lowest BCUT2D eigenvalue weighted by molar-refractivity contribution is -0.132. The average Bonchev–Trinajstić information content (AvgIpc) is 2.97. The zero-order chi connectivity index (χ0) is 15.5. The summed E-state index contributed by atoms with van der Waals surface area (Å²) in [7, 11) is 1.85. The lowest BCUT2D eigenvalue weighted by atomic mass is 9.95. The molecule has 0 unspecified atom stereocenters. The molecule has 1 aromatic carbocycles. The van der Waals surface area contributed by atoms with Crippen molar-refractivity contribution in [1.29, 1.82) is 0 Å². The Morgan fingerprint density at radius 3 is 2.95 bits per heavy atom. The number of aromatic nitrogens is 2. The highest BCUT2D eigenvalue weighted by Gasteiger charge is 2.26. The van der Waals surface area contributed by atoms with E-state index in [1.807, 2.05) is 30.1 Å². The largest absolute Gasteiger partial charge is 0.343 e. The summed E-state index contributed by atoms with van der Waals surface area (Å²) in [5, 5.41) is 7.54. The Kier molecular flexibility index (Phi) is 4.59. The van der Waals surface area contributed by atoms with Gasteiger partial charge in [-0.2, -0.15) is 5.10 Å². The summed E-state index contributed by atoms with van der Waals surface area (Å²) in [4.78, 5) is 14.3.